The Morgan fingerprint density at radius 2 is 1.62 bits per heavy atom. The SMILES string of the molecule is CCCC[C@@H](C)C[C@@H](/C=C/[C@@H]1C(SCCCOCC(=O)O)=C(OC(=O)CCC)C[C@H]1[Si](C)(C)O[SiH2]C(C)(C)C)[Si](C)(C)O[SiH2]C(C)(C)C. The fraction of sp³-hybridized carbons (Fsp3) is 0.833. The fourth-order valence-electron chi connectivity index (χ4n) is 5.83. The first-order valence-corrected chi connectivity index (χ1v) is 28.0. The van der Waals surface area contributed by atoms with Gasteiger partial charge in [-0.1, -0.05) is 93.7 Å². The first-order chi connectivity index (χ1) is 22.1. The second-order valence-corrected chi connectivity index (χ2v) is 33.5. The monoisotopic (exact) mass is 760 g/mol. The van der Waals surface area contributed by atoms with Gasteiger partial charge in [0.05, 0.1) is 0 Å². The summed E-state index contributed by atoms with van der Waals surface area (Å²) in [6.07, 6.45) is 12.4. The zero-order valence-electron chi connectivity index (χ0n) is 33.0. The molecule has 1 aliphatic rings. The molecule has 0 aliphatic heterocycles. The van der Waals surface area contributed by atoms with Crippen LogP contribution in [0, 0.1) is 11.8 Å². The summed E-state index contributed by atoms with van der Waals surface area (Å²) in [5.41, 5.74) is 0.642. The number of carboxylic acid groups (broad SMARTS) is 1. The van der Waals surface area contributed by atoms with Crippen molar-refractivity contribution in [3.8, 4) is 0 Å². The van der Waals surface area contributed by atoms with Gasteiger partial charge < -0.3 is 22.8 Å². The first-order valence-electron chi connectivity index (χ1n) is 18.4. The first kappa shape index (κ1) is 45.5. The van der Waals surface area contributed by atoms with Crippen LogP contribution in [-0.4, -0.2) is 72.2 Å². The Kier molecular flexibility index (Phi) is 20.1. The highest BCUT2D eigenvalue weighted by Crippen LogP contribution is 2.53. The number of carbonyl (C=O) groups excluding carboxylic acids is 1. The van der Waals surface area contributed by atoms with Crippen molar-refractivity contribution >= 4 is 59.9 Å². The molecule has 0 saturated heterocycles. The molecule has 1 N–H and O–H groups in total. The molecule has 1 aliphatic carbocycles. The van der Waals surface area contributed by atoms with Crippen molar-refractivity contribution in [2.24, 2.45) is 11.8 Å². The van der Waals surface area contributed by atoms with Crippen LogP contribution in [0.3, 0.4) is 0 Å². The molecule has 0 unspecified atom stereocenters. The fourth-order valence-corrected chi connectivity index (χ4v) is 18.7. The topological polar surface area (TPSA) is 91.3 Å². The number of ether oxygens (including phenoxy) is 2. The van der Waals surface area contributed by atoms with Crippen LogP contribution >= 0.6 is 11.8 Å². The molecule has 0 spiro atoms. The van der Waals surface area contributed by atoms with Crippen molar-refractivity contribution in [2.45, 2.75) is 161 Å². The third-order valence-corrected chi connectivity index (χ3v) is 23.5. The zero-order valence-corrected chi connectivity index (χ0v) is 38.6. The van der Waals surface area contributed by atoms with Gasteiger partial charge in [-0.15, -0.1) is 11.8 Å². The molecule has 280 valence electrons. The maximum atomic E-state index is 12.9. The van der Waals surface area contributed by atoms with Gasteiger partial charge in [0.15, 0.2) is 36.2 Å². The van der Waals surface area contributed by atoms with Crippen LogP contribution in [0.1, 0.15) is 114 Å². The van der Waals surface area contributed by atoms with Gasteiger partial charge in [0, 0.05) is 36.0 Å². The number of allylic oxidation sites excluding steroid dienone is 4. The van der Waals surface area contributed by atoms with E-state index in [1.165, 1.54) is 19.3 Å². The van der Waals surface area contributed by atoms with Gasteiger partial charge in [0.1, 0.15) is 12.4 Å². The lowest BCUT2D eigenvalue weighted by Crippen LogP contribution is -2.42. The van der Waals surface area contributed by atoms with Crippen LogP contribution in [0.4, 0.5) is 0 Å². The van der Waals surface area contributed by atoms with E-state index in [0.717, 1.165) is 35.7 Å². The van der Waals surface area contributed by atoms with Gasteiger partial charge >= 0.3 is 11.9 Å². The van der Waals surface area contributed by atoms with E-state index in [4.69, 9.17) is 22.8 Å². The predicted octanol–water partition coefficient (Wildman–Crippen LogP) is 9.35. The van der Waals surface area contributed by atoms with Crippen molar-refractivity contribution < 1.29 is 32.4 Å². The summed E-state index contributed by atoms with van der Waals surface area (Å²) in [6, 6.07) is 0. The molecular formula is C36H72O7SSi4. The average molecular weight is 761 g/mol. The second-order valence-electron chi connectivity index (χ2n) is 17.4. The molecule has 0 aromatic carbocycles. The molecule has 0 aromatic rings. The third-order valence-electron chi connectivity index (χ3n) is 8.82. The van der Waals surface area contributed by atoms with Crippen molar-refractivity contribution in [3.63, 3.8) is 0 Å². The summed E-state index contributed by atoms with van der Waals surface area (Å²) in [6.45, 7) is 30.1. The third kappa shape index (κ3) is 18.1. The van der Waals surface area contributed by atoms with E-state index in [9.17, 15) is 9.59 Å². The van der Waals surface area contributed by atoms with Gasteiger partial charge in [-0.2, -0.15) is 0 Å². The van der Waals surface area contributed by atoms with E-state index in [1.807, 2.05) is 6.92 Å². The summed E-state index contributed by atoms with van der Waals surface area (Å²) < 4.78 is 25.5. The highest BCUT2D eigenvalue weighted by atomic mass is 32.2. The van der Waals surface area contributed by atoms with E-state index in [-0.39, 0.29) is 34.1 Å². The van der Waals surface area contributed by atoms with Crippen LogP contribution in [0.2, 0.25) is 47.3 Å². The number of carboxylic acids is 1. The number of hydrogen-bond donors (Lipinski definition) is 1. The molecule has 0 bridgehead atoms. The number of aliphatic carboxylic acids is 1. The molecule has 0 heterocycles. The maximum Gasteiger partial charge on any atom is 0.329 e. The number of rotatable bonds is 23. The summed E-state index contributed by atoms with van der Waals surface area (Å²) in [5.74, 6) is 1.18. The van der Waals surface area contributed by atoms with Crippen molar-refractivity contribution in [1.82, 2.24) is 0 Å². The second kappa shape index (κ2) is 21.1. The lowest BCUT2D eigenvalue weighted by molar-refractivity contribution is -0.142. The Labute approximate surface area is 305 Å². The maximum absolute atomic E-state index is 12.9. The highest BCUT2D eigenvalue weighted by Gasteiger charge is 2.47. The Hall–Kier alpha value is -0.482. The summed E-state index contributed by atoms with van der Waals surface area (Å²) >= 11 is 1.75. The van der Waals surface area contributed by atoms with E-state index < -0.39 is 42.1 Å². The van der Waals surface area contributed by atoms with E-state index in [1.54, 1.807) is 11.8 Å². The Morgan fingerprint density at radius 3 is 2.19 bits per heavy atom. The molecule has 48 heavy (non-hydrogen) atoms. The van der Waals surface area contributed by atoms with Crippen LogP contribution in [0.25, 0.3) is 0 Å². The molecule has 0 aromatic heterocycles. The Balaban J connectivity index is 3.61. The minimum atomic E-state index is -2.22. The van der Waals surface area contributed by atoms with Crippen LogP contribution < -0.4 is 0 Å². The summed E-state index contributed by atoms with van der Waals surface area (Å²) in [4.78, 5) is 25.0. The lowest BCUT2D eigenvalue weighted by atomic mass is 9.97. The minimum Gasteiger partial charge on any atom is -0.480 e. The van der Waals surface area contributed by atoms with Gasteiger partial charge in [-0.25, -0.2) is 4.79 Å². The van der Waals surface area contributed by atoms with Crippen molar-refractivity contribution in [1.29, 1.82) is 0 Å². The Morgan fingerprint density at radius 1 is 1.00 bits per heavy atom. The standard InChI is InChI=1S/C36H72O7SSi4/c1-14-16-19-27(3)24-28(47(10,11)42-45-35(4,5)6)20-21-29-31(48(12,13)43-46-36(7,8)9)25-30(41-33(39)18-15-2)34(29)44-23-17-22-40-26-32(37)38/h20-21,27-29,31H,14-19,22-26,45-46H2,1-13H3,(H,37,38)/b21-20+/t27-,28-,29+,31-/m1/s1. The molecule has 0 fully saturated rings. The van der Waals surface area contributed by atoms with E-state index in [2.05, 4.69) is 93.7 Å². The zero-order chi connectivity index (χ0) is 36.8. The highest BCUT2D eigenvalue weighted by molar-refractivity contribution is 8.03. The van der Waals surface area contributed by atoms with Gasteiger partial charge in [0.25, 0.3) is 0 Å². The van der Waals surface area contributed by atoms with Gasteiger partial charge in [-0.3, -0.25) is 4.79 Å². The normalized spacial score (nSPS) is 19.8. The van der Waals surface area contributed by atoms with E-state index in [0.29, 0.717) is 30.9 Å². The quantitative estimate of drug-likeness (QED) is 0.0477. The molecule has 7 nitrogen and oxygen atoms in total. The van der Waals surface area contributed by atoms with Crippen LogP contribution in [0.5, 0.6) is 0 Å². The molecule has 0 saturated carbocycles. The number of unbranched alkanes of at least 4 members (excludes halogenated alkanes) is 1. The van der Waals surface area contributed by atoms with E-state index >= 15 is 0 Å². The molecular weight excluding hydrogens is 689 g/mol. The number of esters is 1. The van der Waals surface area contributed by atoms with Crippen molar-refractivity contribution in [3.05, 3.63) is 22.8 Å². The van der Waals surface area contributed by atoms with Crippen molar-refractivity contribution in [2.75, 3.05) is 19.0 Å². The molecule has 0 radical (unpaired) electrons. The lowest BCUT2D eigenvalue weighted by Gasteiger charge is -2.37. The smallest absolute Gasteiger partial charge is 0.329 e. The number of carbonyl (C=O) groups is 2. The van der Waals surface area contributed by atoms with Crippen LogP contribution in [-0.2, 0) is 27.3 Å². The van der Waals surface area contributed by atoms with Gasteiger partial charge in [-0.05, 0) is 72.5 Å². The summed E-state index contributed by atoms with van der Waals surface area (Å²) in [5, 5.41) is 9.40. The molecule has 1 rings (SSSR count). The number of thioether (sulfide) groups is 1. The summed E-state index contributed by atoms with van der Waals surface area (Å²) in [7, 11) is -5.74. The number of hydrogen-bond acceptors (Lipinski definition) is 7. The Bertz CT molecular complexity index is 1050. The largest absolute Gasteiger partial charge is 0.480 e. The average Bonchev–Trinajstić information content (AvgIpc) is 3.30. The minimum absolute atomic E-state index is 0.105. The predicted molar refractivity (Wildman–Crippen MR) is 215 cm³/mol. The molecule has 12 heteroatoms. The van der Waals surface area contributed by atoms with Gasteiger partial charge in [0.2, 0.25) is 0 Å². The van der Waals surface area contributed by atoms with Crippen LogP contribution in [0.15, 0.2) is 22.8 Å². The molecule has 4 atom stereocenters. The molecule has 0 amide bonds.